The minimum absolute atomic E-state index is 0.563. The van der Waals surface area contributed by atoms with Crippen LogP contribution in [0.2, 0.25) is 0 Å². The lowest BCUT2D eigenvalue weighted by molar-refractivity contribution is -0.145. The van der Waals surface area contributed by atoms with Crippen LogP contribution in [0.1, 0.15) is 19.4 Å². The molecule has 4 nitrogen and oxygen atoms in total. The first-order chi connectivity index (χ1) is 9.45. The van der Waals surface area contributed by atoms with Crippen molar-refractivity contribution >= 4 is 17.7 Å². The number of nitrogens with one attached hydrogen (secondary N) is 1. The summed E-state index contributed by atoms with van der Waals surface area (Å²) in [6.07, 6.45) is 0. The molecule has 0 aliphatic carbocycles. The molecule has 1 aromatic rings. The monoisotopic (exact) mass is 297 g/mol. The van der Waals surface area contributed by atoms with Gasteiger partial charge in [0.1, 0.15) is 0 Å². The normalized spacial score (nSPS) is 11.6. The third kappa shape index (κ3) is 5.94. The fourth-order valence-electron chi connectivity index (χ4n) is 1.44. The van der Waals surface area contributed by atoms with E-state index in [0.29, 0.717) is 12.4 Å². The number of methoxy groups -OCH3 is 1. The van der Waals surface area contributed by atoms with Crippen LogP contribution in [0.25, 0.3) is 0 Å². The summed E-state index contributed by atoms with van der Waals surface area (Å²) in [5.74, 6) is -0.197. The van der Waals surface area contributed by atoms with E-state index in [9.17, 15) is 4.79 Å². The third-order valence-electron chi connectivity index (χ3n) is 2.91. The van der Waals surface area contributed by atoms with Gasteiger partial charge in [-0.1, -0.05) is 12.1 Å². The third-order valence-corrected chi connectivity index (χ3v) is 4.39. The zero-order chi connectivity index (χ0) is 15.0. The largest absolute Gasteiger partial charge is 0.481 e. The Labute approximate surface area is 124 Å². The molecule has 0 radical (unpaired) electrons. The quantitative estimate of drug-likeness (QED) is 0.542. The summed E-state index contributed by atoms with van der Waals surface area (Å²) in [7, 11) is 1.69. The number of ether oxygens (including phenoxy) is 1. The second-order valence-electron chi connectivity index (χ2n) is 5.29. The average molecular weight is 297 g/mol. The molecule has 0 unspecified atom stereocenters. The summed E-state index contributed by atoms with van der Waals surface area (Å²) in [4.78, 5) is 12.1. The number of hydrogen-bond acceptors (Lipinski definition) is 4. The van der Waals surface area contributed by atoms with Crippen LogP contribution in [-0.4, -0.2) is 37.1 Å². The van der Waals surface area contributed by atoms with Gasteiger partial charge >= 0.3 is 5.97 Å². The van der Waals surface area contributed by atoms with Crippen LogP contribution < -0.4 is 5.32 Å². The molecule has 0 fully saturated rings. The van der Waals surface area contributed by atoms with E-state index in [1.165, 1.54) is 5.56 Å². The van der Waals surface area contributed by atoms with Gasteiger partial charge in [-0.15, -0.1) is 11.8 Å². The smallest absolute Gasteiger partial charge is 0.309 e. The highest BCUT2D eigenvalue weighted by molar-refractivity contribution is 7.99. The molecule has 20 heavy (non-hydrogen) atoms. The minimum atomic E-state index is -0.760. The van der Waals surface area contributed by atoms with Gasteiger partial charge < -0.3 is 15.2 Å². The first-order valence-electron chi connectivity index (χ1n) is 6.60. The maximum absolute atomic E-state index is 11.0. The molecule has 0 aliphatic rings. The zero-order valence-corrected chi connectivity index (χ0v) is 13.1. The van der Waals surface area contributed by atoms with Crippen molar-refractivity contribution in [3.8, 4) is 0 Å². The van der Waals surface area contributed by atoms with Gasteiger partial charge in [0.15, 0.2) is 0 Å². The topological polar surface area (TPSA) is 58.6 Å². The van der Waals surface area contributed by atoms with Crippen LogP contribution in [-0.2, 0) is 16.1 Å². The SMILES string of the molecule is COCCNCc1ccc(SCC(C)(C)C(=O)O)cc1. The molecule has 0 aliphatic heterocycles. The summed E-state index contributed by atoms with van der Waals surface area (Å²) >= 11 is 1.58. The van der Waals surface area contributed by atoms with Gasteiger partial charge in [-0.05, 0) is 31.5 Å². The van der Waals surface area contributed by atoms with Crippen LogP contribution in [0, 0.1) is 5.41 Å². The molecule has 0 aromatic heterocycles. The number of carboxylic acid groups (broad SMARTS) is 1. The second-order valence-corrected chi connectivity index (χ2v) is 6.34. The highest BCUT2D eigenvalue weighted by Crippen LogP contribution is 2.27. The average Bonchev–Trinajstić information content (AvgIpc) is 2.42. The fraction of sp³-hybridized carbons (Fsp3) is 0.533. The van der Waals surface area contributed by atoms with E-state index in [0.717, 1.165) is 18.0 Å². The zero-order valence-electron chi connectivity index (χ0n) is 12.3. The number of thioether (sulfide) groups is 1. The summed E-state index contributed by atoms with van der Waals surface area (Å²) < 4.78 is 4.97. The lowest BCUT2D eigenvalue weighted by Gasteiger charge is -2.18. The van der Waals surface area contributed by atoms with Crippen LogP contribution in [0.5, 0.6) is 0 Å². The van der Waals surface area contributed by atoms with Gasteiger partial charge in [0.2, 0.25) is 0 Å². The van der Waals surface area contributed by atoms with Crippen LogP contribution >= 0.6 is 11.8 Å². The molecule has 0 amide bonds. The number of benzene rings is 1. The second kappa shape index (κ2) is 8.29. The number of rotatable bonds is 9. The summed E-state index contributed by atoms with van der Waals surface area (Å²) in [5.41, 5.74) is 0.508. The predicted molar refractivity (Wildman–Crippen MR) is 82.2 cm³/mol. The Balaban J connectivity index is 2.41. The summed E-state index contributed by atoms with van der Waals surface area (Å²) in [5, 5.41) is 12.4. The fourth-order valence-corrected chi connectivity index (χ4v) is 2.42. The molecule has 2 N–H and O–H groups in total. The van der Waals surface area contributed by atoms with Crippen molar-refractivity contribution in [2.45, 2.75) is 25.3 Å². The van der Waals surface area contributed by atoms with Crippen molar-refractivity contribution < 1.29 is 14.6 Å². The van der Waals surface area contributed by atoms with Gasteiger partial charge in [0.05, 0.1) is 12.0 Å². The van der Waals surface area contributed by atoms with Crippen LogP contribution in [0.3, 0.4) is 0 Å². The molecule has 0 saturated heterocycles. The van der Waals surface area contributed by atoms with E-state index >= 15 is 0 Å². The van der Waals surface area contributed by atoms with Gasteiger partial charge in [-0.2, -0.15) is 0 Å². The molecule has 1 aromatic carbocycles. The highest BCUT2D eigenvalue weighted by atomic mass is 32.2. The maximum atomic E-state index is 11.0. The van der Waals surface area contributed by atoms with E-state index in [4.69, 9.17) is 9.84 Å². The Hall–Kier alpha value is -1.04. The molecular formula is C15H23NO3S. The Morgan fingerprint density at radius 3 is 2.55 bits per heavy atom. The van der Waals surface area contributed by atoms with Crippen molar-refractivity contribution in [2.24, 2.45) is 5.41 Å². The van der Waals surface area contributed by atoms with Crippen LogP contribution in [0.4, 0.5) is 0 Å². The Kier molecular flexibility index (Phi) is 7.05. The maximum Gasteiger partial charge on any atom is 0.309 e. The lowest BCUT2D eigenvalue weighted by atomic mass is 9.97. The summed E-state index contributed by atoms with van der Waals surface area (Å²) in [6, 6.07) is 8.21. The van der Waals surface area contributed by atoms with Gasteiger partial charge in [0.25, 0.3) is 0 Å². The number of aliphatic carboxylic acids is 1. The van der Waals surface area contributed by atoms with E-state index in [1.54, 1.807) is 32.7 Å². The minimum Gasteiger partial charge on any atom is -0.481 e. The molecule has 0 saturated carbocycles. The van der Waals surface area contributed by atoms with E-state index < -0.39 is 11.4 Å². The first-order valence-corrected chi connectivity index (χ1v) is 7.59. The predicted octanol–water partition coefficient (Wildman–Crippen LogP) is 2.63. The molecule has 0 bridgehead atoms. The van der Waals surface area contributed by atoms with Gasteiger partial charge in [-0.25, -0.2) is 0 Å². The Morgan fingerprint density at radius 1 is 1.35 bits per heavy atom. The van der Waals surface area contributed by atoms with Crippen molar-refractivity contribution in [3.05, 3.63) is 29.8 Å². The van der Waals surface area contributed by atoms with E-state index in [-0.39, 0.29) is 0 Å². The molecule has 0 heterocycles. The number of carboxylic acids is 1. The Morgan fingerprint density at radius 2 is 2.00 bits per heavy atom. The van der Waals surface area contributed by atoms with Crippen LogP contribution in [0.15, 0.2) is 29.2 Å². The van der Waals surface area contributed by atoms with Crippen molar-refractivity contribution in [3.63, 3.8) is 0 Å². The van der Waals surface area contributed by atoms with E-state index in [2.05, 4.69) is 17.4 Å². The number of hydrogen-bond donors (Lipinski definition) is 2. The standard InChI is InChI=1S/C15H23NO3S/c1-15(2,14(17)18)11-20-13-6-4-12(5-7-13)10-16-8-9-19-3/h4-7,16H,8-11H2,1-3H3,(H,17,18). The number of carbonyl (C=O) groups is 1. The Bertz CT molecular complexity index is 418. The highest BCUT2D eigenvalue weighted by Gasteiger charge is 2.26. The van der Waals surface area contributed by atoms with E-state index in [1.807, 2.05) is 12.1 Å². The molecule has 5 heteroatoms. The molecule has 112 valence electrons. The van der Waals surface area contributed by atoms with Crippen molar-refractivity contribution in [1.29, 1.82) is 0 Å². The molecule has 0 spiro atoms. The van der Waals surface area contributed by atoms with Gasteiger partial charge in [-0.3, -0.25) is 4.79 Å². The molecule has 0 atom stereocenters. The first kappa shape index (κ1) is 17.0. The molecule has 1 rings (SSSR count). The molecular weight excluding hydrogens is 274 g/mol. The summed E-state index contributed by atoms with van der Waals surface area (Å²) in [6.45, 7) is 5.85. The van der Waals surface area contributed by atoms with Crippen molar-refractivity contribution in [1.82, 2.24) is 5.32 Å². The lowest BCUT2D eigenvalue weighted by Crippen LogP contribution is -2.26. The van der Waals surface area contributed by atoms with Gasteiger partial charge in [0, 0.05) is 30.8 Å². The van der Waals surface area contributed by atoms with Crippen molar-refractivity contribution in [2.75, 3.05) is 26.0 Å².